The zero-order chi connectivity index (χ0) is 52.6. The number of hydrogen-bond donors (Lipinski definition) is 1. The highest BCUT2D eigenvalue weighted by Gasteiger charge is 2.24. The number of fused-ring (bicyclic) bond motifs is 1. The second-order valence-corrected chi connectivity index (χ2v) is 20.7. The standard InChI is InChI=1S/C69H71NO5S/c1-5-8-11-17-25-63-65(48-76-68(63)55-22-20-21-54(44-55)64-45-56(49(4)69(71)72)47-67-62(64)40-43-75-67)61-39-32-53(52-30-37-60(38-31-52)74-42-19-13-10-7-3)46-66(61)70(57-23-15-14-16-24-57)58-33-26-50(27-34-58)51-28-35-59(36-29-51)73-41-18-12-9-6-2/h14-16,20-24,26-40,43-48H,4-13,17-19,25,41-42H2,1-3H3,(H,71,72). The van der Waals surface area contributed by atoms with Crippen LogP contribution in [0.4, 0.5) is 17.1 Å². The van der Waals surface area contributed by atoms with Gasteiger partial charge in [-0.05, 0) is 166 Å². The van der Waals surface area contributed by atoms with Crippen LogP contribution in [0.5, 0.6) is 11.5 Å². The molecule has 9 rings (SSSR count). The lowest BCUT2D eigenvalue weighted by Gasteiger charge is -2.29. The Morgan fingerprint density at radius 1 is 0.539 bits per heavy atom. The summed E-state index contributed by atoms with van der Waals surface area (Å²) in [7, 11) is 0. The Bertz CT molecular complexity index is 3310. The average Bonchev–Trinajstić information content (AvgIpc) is 4.14. The van der Waals surface area contributed by atoms with Crippen LogP contribution in [0.1, 0.15) is 109 Å². The fourth-order valence-electron chi connectivity index (χ4n) is 10.1. The number of rotatable bonds is 27. The van der Waals surface area contributed by atoms with E-state index in [1.54, 1.807) is 23.7 Å². The summed E-state index contributed by atoms with van der Waals surface area (Å²) >= 11 is 1.79. The van der Waals surface area contributed by atoms with Crippen LogP contribution in [0.3, 0.4) is 0 Å². The molecule has 0 bridgehead atoms. The SMILES string of the molecule is C=C(C(=O)O)c1cc(-c2cccc(-c3scc(-c4ccc(-c5ccc(OCCCCCC)cc5)cc4N(c4ccccc4)c4ccc(-c5ccc(OCCCCCC)cc5)cc4)c3CCCCCC)c2)c2ccoc2c1. The first-order chi connectivity index (χ1) is 37.3. The van der Waals surface area contributed by atoms with Crippen LogP contribution >= 0.6 is 11.3 Å². The predicted octanol–water partition coefficient (Wildman–Crippen LogP) is 20.4. The minimum atomic E-state index is -1.06. The molecule has 0 amide bonds. The summed E-state index contributed by atoms with van der Waals surface area (Å²) in [5.41, 5.74) is 15.6. The maximum absolute atomic E-state index is 12.1. The number of aliphatic carboxylic acids is 1. The van der Waals surface area contributed by atoms with Crippen LogP contribution in [0.15, 0.2) is 186 Å². The zero-order valence-electron chi connectivity index (χ0n) is 44.5. The Morgan fingerprint density at radius 3 is 1.75 bits per heavy atom. The first kappa shape index (κ1) is 53.2. The van der Waals surface area contributed by atoms with Gasteiger partial charge in [-0.3, -0.25) is 0 Å². The minimum absolute atomic E-state index is 0.0263. The van der Waals surface area contributed by atoms with E-state index in [0.29, 0.717) is 11.1 Å². The van der Waals surface area contributed by atoms with E-state index < -0.39 is 5.97 Å². The van der Waals surface area contributed by atoms with Gasteiger partial charge in [0.25, 0.3) is 0 Å². The number of nitrogens with zero attached hydrogens (tertiary/aromatic N) is 1. The lowest BCUT2D eigenvalue weighted by Crippen LogP contribution is -2.11. The van der Waals surface area contributed by atoms with Crippen LogP contribution in [0.25, 0.3) is 71.5 Å². The number of unbranched alkanes of at least 4 members (excludes halogenated alkanes) is 9. The van der Waals surface area contributed by atoms with Crippen molar-refractivity contribution in [3.63, 3.8) is 0 Å². The number of carbonyl (C=O) groups is 1. The van der Waals surface area contributed by atoms with E-state index in [2.05, 4.69) is 183 Å². The summed E-state index contributed by atoms with van der Waals surface area (Å²) in [6.07, 6.45) is 16.5. The van der Waals surface area contributed by atoms with Gasteiger partial charge in [-0.2, -0.15) is 0 Å². The predicted molar refractivity (Wildman–Crippen MR) is 320 cm³/mol. The molecular weight excluding hydrogens is 955 g/mol. The number of benzene rings is 7. The molecule has 2 aromatic heterocycles. The van der Waals surface area contributed by atoms with Gasteiger partial charge >= 0.3 is 5.97 Å². The molecule has 0 spiro atoms. The minimum Gasteiger partial charge on any atom is -0.494 e. The molecule has 1 N–H and O–H groups in total. The maximum atomic E-state index is 12.1. The molecule has 7 aromatic carbocycles. The van der Waals surface area contributed by atoms with Crippen molar-refractivity contribution in [3.8, 4) is 66.4 Å². The highest BCUT2D eigenvalue weighted by Crippen LogP contribution is 2.48. The van der Waals surface area contributed by atoms with E-state index in [0.717, 1.165) is 130 Å². The zero-order valence-corrected chi connectivity index (χ0v) is 45.3. The van der Waals surface area contributed by atoms with Gasteiger partial charge in [0.1, 0.15) is 17.1 Å². The number of ether oxygens (including phenoxy) is 2. The van der Waals surface area contributed by atoms with Gasteiger partial charge in [0, 0.05) is 27.2 Å². The van der Waals surface area contributed by atoms with E-state index >= 15 is 0 Å². The highest BCUT2D eigenvalue weighted by atomic mass is 32.1. The van der Waals surface area contributed by atoms with Gasteiger partial charge in [-0.15, -0.1) is 11.3 Å². The molecule has 0 unspecified atom stereocenters. The normalized spacial score (nSPS) is 11.2. The third-order valence-corrected chi connectivity index (χ3v) is 15.4. The molecule has 2 heterocycles. The highest BCUT2D eigenvalue weighted by molar-refractivity contribution is 7.14. The maximum Gasteiger partial charge on any atom is 0.335 e. The van der Waals surface area contributed by atoms with Crippen molar-refractivity contribution in [1.82, 2.24) is 0 Å². The first-order valence-electron chi connectivity index (χ1n) is 27.5. The van der Waals surface area contributed by atoms with Gasteiger partial charge in [0.05, 0.1) is 30.7 Å². The number of thiophene rings is 1. The Labute approximate surface area is 454 Å². The Morgan fingerprint density at radius 2 is 1.12 bits per heavy atom. The average molecular weight is 1030 g/mol. The molecule has 0 radical (unpaired) electrons. The lowest BCUT2D eigenvalue weighted by molar-refractivity contribution is -0.130. The van der Waals surface area contributed by atoms with Crippen LogP contribution in [0.2, 0.25) is 0 Å². The summed E-state index contributed by atoms with van der Waals surface area (Å²) in [6, 6.07) is 58.0. The number of hydrogen-bond acceptors (Lipinski definition) is 6. The molecule has 388 valence electrons. The number of carboxylic acid groups (broad SMARTS) is 1. The van der Waals surface area contributed by atoms with Crippen molar-refractivity contribution < 1.29 is 23.8 Å². The van der Waals surface area contributed by atoms with Crippen molar-refractivity contribution in [1.29, 1.82) is 0 Å². The topological polar surface area (TPSA) is 72.1 Å². The van der Waals surface area contributed by atoms with E-state index in [1.165, 1.54) is 60.9 Å². The molecule has 0 fully saturated rings. The third kappa shape index (κ3) is 12.9. The van der Waals surface area contributed by atoms with Gasteiger partial charge in [0.2, 0.25) is 0 Å². The molecule has 0 aliphatic carbocycles. The number of furan rings is 1. The quantitative estimate of drug-likeness (QED) is 0.0409. The summed E-state index contributed by atoms with van der Waals surface area (Å²) in [5.74, 6) is 0.738. The Kier molecular flexibility index (Phi) is 18.4. The molecule has 7 heteroatoms. The summed E-state index contributed by atoms with van der Waals surface area (Å²) in [5, 5.41) is 13.2. The molecule has 76 heavy (non-hydrogen) atoms. The van der Waals surface area contributed by atoms with Crippen molar-refractivity contribution in [2.75, 3.05) is 18.1 Å². The van der Waals surface area contributed by atoms with Crippen molar-refractivity contribution in [2.45, 2.75) is 104 Å². The van der Waals surface area contributed by atoms with Crippen molar-refractivity contribution in [3.05, 3.63) is 193 Å². The summed E-state index contributed by atoms with van der Waals surface area (Å²) < 4.78 is 18.2. The number of para-hydroxylation sites is 1. The van der Waals surface area contributed by atoms with Crippen LogP contribution in [-0.4, -0.2) is 24.3 Å². The molecule has 0 saturated carbocycles. The van der Waals surface area contributed by atoms with E-state index in [4.69, 9.17) is 13.9 Å². The Balaban J connectivity index is 1.14. The smallest absolute Gasteiger partial charge is 0.335 e. The largest absolute Gasteiger partial charge is 0.494 e. The van der Waals surface area contributed by atoms with Gasteiger partial charge < -0.3 is 23.9 Å². The fourth-order valence-corrected chi connectivity index (χ4v) is 11.2. The van der Waals surface area contributed by atoms with E-state index in [-0.39, 0.29) is 5.57 Å². The third-order valence-electron chi connectivity index (χ3n) is 14.4. The Hall–Kier alpha value is -7.61. The van der Waals surface area contributed by atoms with E-state index in [1.807, 2.05) is 12.1 Å². The van der Waals surface area contributed by atoms with Crippen LogP contribution in [-0.2, 0) is 11.2 Å². The van der Waals surface area contributed by atoms with Crippen LogP contribution < -0.4 is 14.4 Å². The summed E-state index contributed by atoms with van der Waals surface area (Å²) in [6.45, 7) is 12.1. The molecule has 9 aromatic rings. The van der Waals surface area contributed by atoms with E-state index in [9.17, 15) is 9.90 Å². The summed E-state index contributed by atoms with van der Waals surface area (Å²) in [4.78, 5) is 15.8. The second kappa shape index (κ2) is 26.2. The number of anilines is 3. The molecule has 0 aliphatic heterocycles. The van der Waals surface area contributed by atoms with Crippen LogP contribution in [0, 0.1) is 0 Å². The van der Waals surface area contributed by atoms with Gasteiger partial charge in [0.15, 0.2) is 0 Å². The molecule has 0 atom stereocenters. The fraction of sp³-hybridized carbons (Fsp3) is 0.261. The molecule has 0 saturated heterocycles. The molecule has 0 aliphatic rings. The van der Waals surface area contributed by atoms with Gasteiger partial charge in [-0.1, -0.05) is 170 Å². The van der Waals surface area contributed by atoms with Gasteiger partial charge in [-0.25, -0.2) is 4.79 Å². The van der Waals surface area contributed by atoms with Crippen molar-refractivity contribution >= 4 is 50.9 Å². The lowest BCUT2D eigenvalue weighted by atomic mass is 9.91. The first-order valence-corrected chi connectivity index (χ1v) is 28.4. The van der Waals surface area contributed by atoms with Crippen molar-refractivity contribution in [2.24, 2.45) is 0 Å². The molecule has 6 nitrogen and oxygen atoms in total. The monoisotopic (exact) mass is 1030 g/mol. The second-order valence-electron chi connectivity index (χ2n) is 19.8. The molecular formula is C69H71NO5S. The number of carboxylic acids is 1.